The number of benzene rings is 10. The van der Waals surface area contributed by atoms with Crippen molar-refractivity contribution in [3.05, 3.63) is 228 Å². The average molecular weight is 823 g/mol. The molecule has 0 saturated heterocycles. The fraction of sp³-hybridized carbons (Fsp3) is 0.129. The van der Waals surface area contributed by atoms with Crippen LogP contribution in [0.1, 0.15) is 61.1 Å². The van der Waals surface area contributed by atoms with E-state index in [1.54, 1.807) is 0 Å². The van der Waals surface area contributed by atoms with Gasteiger partial charge in [-0.25, -0.2) is 0 Å². The van der Waals surface area contributed by atoms with Gasteiger partial charge in [0.15, 0.2) is 0 Å². The fourth-order valence-corrected chi connectivity index (χ4v) is 11.2. The van der Waals surface area contributed by atoms with E-state index >= 15 is 0 Å². The molecule has 0 saturated carbocycles. The van der Waals surface area contributed by atoms with Crippen LogP contribution in [0.3, 0.4) is 0 Å². The highest BCUT2D eigenvalue weighted by atomic mass is 15.2. The van der Waals surface area contributed by atoms with Crippen molar-refractivity contribution in [3.63, 3.8) is 0 Å². The van der Waals surface area contributed by atoms with Crippen molar-refractivity contribution in [2.75, 3.05) is 9.80 Å². The highest BCUT2D eigenvalue weighted by Crippen LogP contribution is 2.58. The van der Waals surface area contributed by atoms with Crippen LogP contribution >= 0.6 is 0 Å². The van der Waals surface area contributed by atoms with Gasteiger partial charge in [0.25, 0.3) is 0 Å². The summed E-state index contributed by atoms with van der Waals surface area (Å²) >= 11 is 0. The van der Waals surface area contributed by atoms with Crippen LogP contribution in [0.2, 0.25) is 0 Å². The molecule has 0 fully saturated rings. The van der Waals surface area contributed by atoms with Crippen molar-refractivity contribution in [3.8, 4) is 22.3 Å². The quantitative estimate of drug-likeness (QED) is 0.165. The van der Waals surface area contributed by atoms with Crippen molar-refractivity contribution in [1.82, 2.24) is 0 Å². The van der Waals surface area contributed by atoms with Crippen LogP contribution in [-0.4, -0.2) is 0 Å². The first-order chi connectivity index (χ1) is 31.1. The summed E-state index contributed by atoms with van der Waals surface area (Å²) in [6.45, 7) is 14.1. The Labute approximate surface area is 376 Å². The van der Waals surface area contributed by atoms with Gasteiger partial charge in [0.05, 0.1) is 11.4 Å². The monoisotopic (exact) mass is 822 g/mol. The standard InChI is InChI=1S/C62H50N2/c1-39-17-7-13-25-57(39)63(59-27-15-21-41-19-9-11-23-47(41)59)45-30-29-43-34-50-52-38-55-51(37-56(52)61(3,4)53(50)35-44(43)33-45)49-32-31-46(36-54(49)62(55,5)6)64(58-26-14-8-18-40(58)2)60-28-16-22-42-20-10-12-24-48(42)60/h7-38H,1-6H3. The van der Waals surface area contributed by atoms with Gasteiger partial charge in [0, 0.05) is 44.4 Å². The Kier molecular flexibility index (Phi) is 8.40. The lowest BCUT2D eigenvalue weighted by atomic mass is 9.79. The second-order valence-electron chi connectivity index (χ2n) is 19.1. The zero-order valence-electron chi connectivity index (χ0n) is 37.4. The van der Waals surface area contributed by atoms with Gasteiger partial charge < -0.3 is 9.80 Å². The molecule has 12 rings (SSSR count). The lowest BCUT2D eigenvalue weighted by molar-refractivity contribution is 0.652. The average Bonchev–Trinajstić information content (AvgIpc) is 3.67. The molecule has 10 aromatic rings. The van der Waals surface area contributed by atoms with E-state index in [1.165, 1.54) is 116 Å². The molecule has 2 aliphatic carbocycles. The van der Waals surface area contributed by atoms with Gasteiger partial charge >= 0.3 is 0 Å². The maximum absolute atomic E-state index is 2.54. The number of para-hydroxylation sites is 2. The zero-order valence-corrected chi connectivity index (χ0v) is 37.4. The lowest BCUT2D eigenvalue weighted by Crippen LogP contribution is -2.18. The Morgan fingerprint density at radius 2 is 0.719 bits per heavy atom. The van der Waals surface area contributed by atoms with Crippen molar-refractivity contribution in [1.29, 1.82) is 0 Å². The maximum atomic E-state index is 2.54. The normalized spacial score (nSPS) is 14.0. The summed E-state index contributed by atoms with van der Waals surface area (Å²) in [4.78, 5) is 4.91. The SMILES string of the molecule is Cc1ccccc1N(c1ccc2c(c1)C(C)(C)c1cc3c(cc1-2)C(C)(C)c1cc2cc(N(c4ccccc4C)c4cccc5ccccc45)ccc2cc1-3)c1cccc2ccccc12. The number of rotatable bonds is 6. The van der Waals surface area contributed by atoms with Gasteiger partial charge in [0.2, 0.25) is 0 Å². The van der Waals surface area contributed by atoms with Crippen LogP contribution in [0.25, 0.3) is 54.6 Å². The third-order valence-corrected chi connectivity index (χ3v) is 14.6. The number of nitrogens with zero attached hydrogens (tertiary/aromatic N) is 2. The van der Waals surface area contributed by atoms with Gasteiger partial charge in [-0.3, -0.25) is 0 Å². The van der Waals surface area contributed by atoms with Gasteiger partial charge in [-0.2, -0.15) is 0 Å². The molecule has 10 aromatic carbocycles. The number of fused-ring (bicyclic) bond motifs is 9. The molecule has 2 nitrogen and oxygen atoms in total. The summed E-state index contributed by atoms with van der Waals surface area (Å²) in [5.74, 6) is 0. The maximum Gasteiger partial charge on any atom is 0.0540 e. The number of aryl methyl sites for hydroxylation is 2. The van der Waals surface area contributed by atoms with Crippen LogP contribution in [0, 0.1) is 13.8 Å². The van der Waals surface area contributed by atoms with Crippen LogP contribution in [-0.2, 0) is 10.8 Å². The second kappa shape index (κ2) is 14.0. The van der Waals surface area contributed by atoms with E-state index in [9.17, 15) is 0 Å². The topological polar surface area (TPSA) is 6.48 Å². The highest BCUT2D eigenvalue weighted by molar-refractivity contribution is 6.03. The van der Waals surface area contributed by atoms with Crippen LogP contribution in [0.5, 0.6) is 0 Å². The molecule has 0 atom stereocenters. The smallest absolute Gasteiger partial charge is 0.0540 e. The predicted octanol–water partition coefficient (Wildman–Crippen LogP) is 17.3. The van der Waals surface area contributed by atoms with E-state index in [1.807, 2.05) is 0 Å². The second-order valence-corrected chi connectivity index (χ2v) is 19.1. The Morgan fingerprint density at radius 1 is 0.297 bits per heavy atom. The minimum atomic E-state index is -0.203. The molecule has 2 heteroatoms. The van der Waals surface area contributed by atoms with E-state index in [2.05, 4.69) is 245 Å². The van der Waals surface area contributed by atoms with E-state index < -0.39 is 0 Å². The Balaban J connectivity index is 0.972. The van der Waals surface area contributed by atoms with Crippen molar-refractivity contribution in [2.45, 2.75) is 52.4 Å². The van der Waals surface area contributed by atoms with E-state index in [4.69, 9.17) is 0 Å². The molecule has 0 radical (unpaired) electrons. The third-order valence-electron chi connectivity index (χ3n) is 14.6. The summed E-state index contributed by atoms with van der Waals surface area (Å²) in [6.07, 6.45) is 0. The Hall–Kier alpha value is -7.42. The lowest BCUT2D eigenvalue weighted by Gasteiger charge is -2.30. The van der Waals surface area contributed by atoms with Crippen LogP contribution < -0.4 is 9.80 Å². The summed E-state index contributed by atoms with van der Waals surface area (Å²) in [5, 5.41) is 7.47. The van der Waals surface area contributed by atoms with Gasteiger partial charge in [-0.1, -0.05) is 149 Å². The molecule has 0 spiro atoms. The van der Waals surface area contributed by atoms with Crippen molar-refractivity contribution in [2.24, 2.45) is 0 Å². The summed E-state index contributed by atoms with van der Waals surface area (Å²) in [7, 11) is 0. The van der Waals surface area contributed by atoms with Gasteiger partial charge in [-0.05, 0) is 164 Å². The molecular weight excluding hydrogens is 773 g/mol. The molecule has 64 heavy (non-hydrogen) atoms. The molecule has 308 valence electrons. The largest absolute Gasteiger partial charge is 0.310 e. The first kappa shape index (κ1) is 38.3. The predicted molar refractivity (Wildman–Crippen MR) is 273 cm³/mol. The third kappa shape index (κ3) is 5.65. The summed E-state index contributed by atoms with van der Waals surface area (Å²) < 4.78 is 0. The molecule has 0 unspecified atom stereocenters. The zero-order chi connectivity index (χ0) is 43.5. The molecule has 0 aliphatic heterocycles. The number of anilines is 6. The molecular formula is C62H50N2. The first-order valence-electron chi connectivity index (χ1n) is 22.7. The van der Waals surface area contributed by atoms with Gasteiger partial charge in [-0.15, -0.1) is 0 Å². The molecule has 0 aromatic heterocycles. The molecule has 2 aliphatic rings. The van der Waals surface area contributed by atoms with Crippen molar-refractivity contribution >= 4 is 66.4 Å². The summed E-state index contributed by atoms with van der Waals surface area (Å²) in [6, 6.07) is 72.5. The molecule has 0 N–H and O–H groups in total. The van der Waals surface area contributed by atoms with E-state index in [0.717, 1.165) is 5.69 Å². The Bertz CT molecular complexity index is 3540. The van der Waals surface area contributed by atoms with Crippen LogP contribution in [0.4, 0.5) is 34.1 Å². The van der Waals surface area contributed by atoms with Crippen LogP contribution in [0.15, 0.2) is 194 Å². The van der Waals surface area contributed by atoms with E-state index in [-0.39, 0.29) is 10.8 Å². The highest BCUT2D eigenvalue weighted by Gasteiger charge is 2.42. The minimum absolute atomic E-state index is 0.182. The number of hydrogen-bond donors (Lipinski definition) is 0. The van der Waals surface area contributed by atoms with E-state index in [0.29, 0.717) is 0 Å². The number of hydrogen-bond acceptors (Lipinski definition) is 2. The Morgan fingerprint density at radius 3 is 1.30 bits per heavy atom. The summed E-state index contributed by atoms with van der Waals surface area (Å²) in [5.41, 5.74) is 20.1. The fourth-order valence-electron chi connectivity index (χ4n) is 11.2. The molecule has 0 amide bonds. The minimum Gasteiger partial charge on any atom is -0.310 e. The molecule has 0 heterocycles. The van der Waals surface area contributed by atoms with Gasteiger partial charge in [0.1, 0.15) is 0 Å². The van der Waals surface area contributed by atoms with Crippen molar-refractivity contribution < 1.29 is 0 Å². The first-order valence-corrected chi connectivity index (χ1v) is 22.7. The molecule has 0 bridgehead atoms.